The van der Waals surface area contributed by atoms with Crippen LogP contribution in [0.3, 0.4) is 0 Å². The predicted octanol–water partition coefficient (Wildman–Crippen LogP) is 2.31. The lowest BCUT2D eigenvalue weighted by molar-refractivity contribution is 0.425. The van der Waals surface area contributed by atoms with Crippen LogP contribution >= 0.6 is 23.2 Å². The van der Waals surface area contributed by atoms with Crippen LogP contribution in [0.15, 0.2) is 12.1 Å². The van der Waals surface area contributed by atoms with Crippen molar-refractivity contribution >= 4 is 23.2 Å². The SMILES string of the molecule is NC(c1cc(Cl)c(Cl)cc1O)C1CCNC1. The zero-order valence-electron chi connectivity index (χ0n) is 8.71. The molecule has 0 radical (unpaired) electrons. The molecule has 1 aromatic rings. The molecule has 0 aromatic heterocycles. The molecule has 4 N–H and O–H groups in total. The Kier molecular flexibility index (Phi) is 3.60. The van der Waals surface area contributed by atoms with E-state index in [0.29, 0.717) is 21.5 Å². The van der Waals surface area contributed by atoms with Gasteiger partial charge < -0.3 is 16.2 Å². The van der Waals surface area contributed by atoms with Gasteiger partial charge in [-0.2, -0.15) is 0 Å². The van der Waals surface area contributed by atoms with Gasteiger partial charge in [0.15, 0.2) is 0 Å². The van der Waals surface area contributed by atoms with Crippen molar-refractivity contribution in [3.05, 3.63) is 27.7 Å². The molecule has 1 heterocycles. The van der Waals surface area contributed by atoms with Gasteiger partial charge in [-0.1, -0.05) is 23.2 Å². The Morgan fingerprint density at radius 3 is 2.69 bits per heavy atom. The average Bonchev–Trinajstić information content (AvgIpc) is 2.75. The molecule has 1 aliphatic rings. The minimum atomic E-state index is -0.204. The first kappa shape index (κ1) is 12.0. The van der Waals surface area contributed by atoms with E-state index < -0.39 is 0 Å². The van der Waals surface area contributed by atoms with E-state index in [1.165, 1.54) is 6.07 Å². The van der Waals surface area contributed by atoms with E-state index in [0.717, 1.165) is 19.5 Å². The summed E-state index contributed by atoms with van der Waals surface area (Å²) >= 11 is 11.7. The Bertz CT molecular complexity index is 392. The van der Waals surface area contributed by atoms with Gasteiger partial charge in [-0.3, -0.25) is 0 Å². The molecule has 16 heavy (non-hydrogen) atoms. The van der Waals surface area contributed by atoms with E-state index in [4.69, 9.17) is 28.9 Å². The lowest BCUT2D eigenvalue weighted by Gasteiger charge is -2.20. The van der Waals surface area contributed by atoms with Crippen molar-refractivity contribution in [2.24, 2.45) is 11.7 Å². The van der Waals surface area contributed by atoms with Gasteiger partial charge >= 0.3 is 0 Å². The number of nitrogens with two attached hydrogens (primary N) is 1. The Morgan fingerprint density at radius 2 is 2.06 bits per heavy atom. The summed E-state index contributed by atoms with van der Waals surface area (Å²) in [5.41, 5.74) is 6.79. The van der Waals surface area contributed by atoms with Crippen molar-refractivity contribution in [2.75, 3.05) is 13.1 Å². The third kappa shape index (κ3) is 2.28. The first-order valence-corrected chi connectivity index (χ1v) is 5.99. The van der Waals surface area contributed by atoms with Crippen LogP contribution in [0.1, 0.15) is 18.0 Å². The topological polar surface area (TPSA) is 58.3 Å². The number of hydrogen-bond acceptors (Lipinski definition) is 3. The molecule has 0 aliphatic carbocycles. The normalized spacial score (nSPS) is 22.3. The zero-order chi connectivity index (χ0) is 11.7. The number of nitrogens with one attached hydrogen (secondary N) is 1. The van der Waals surface area contributed by atoms with Crippen LogP contribution in [0.25, 0.3) is 0 Å². The molecule has 2 unspecified atom stereocenters. The number of hydrogen-bond donors (Lipinski definition) is 3. The quantitative estimate of drug-likeness (QED) is 0.765. The number of benzene rings is 1. The lowest BCUT2D eigenvalue weighted by atomic mass is 9.92. The summed E-state index contributed by atoms with van der Waals surface area (Å²) in [5, 5.41) is 13.8. The van der Waals surface area contributed by atoms with E-state index in [9.17, 15) is 5.11 Å². The summed E-state index contributed by atoms with van der Waals surface area (Å²) in [7, 11) is 0. The van der Waals surface area contributed by atoms with Gasteiger partial charge in [0, 0.05) is 17.7 Å². The molecule has 5 heteroatoms. The summed E-state index contributed by atoms with van der Waals surface area (Å²) in [6, 6.07) is 2.90. The van der Waals surface area contributed by atoms with Gasteiger partial charge in [-0.15, -0.1) is 0 Å². The molecular formula is C11H14Cl2N2O. The molecule has 2 atom stereocenters. The van der Waals surface area contributed by atoms with E-state index in [1.807, 2.05) is 0 Å². The second-order valence-corrected chi connectivity index (χ2v) is 4.92. The molecule has 1 aliphatic heterocycles. The van der Waals surface area contributed by atoms with E-state index >= 15 is 0 Å². The third-order valence-electron chi connectivity index (χ3n) is 3.04. The predicted molar refractivity (Wildman–Crippen MR) is 66.0 cm³/mol. The molecule has 0 spiro atoms. The smallest absolute Gasteiger partial charge is 0.121 e. The van der Waals surface area contributed by atoms with Crippen molar-refractivity contribution in [1.29, 1.82) is 0 Å². The summed E-state index contributed by atoms with van der Waals surface area (Å²) < 4.78 is 0. The molecule has 0 saturated carbocycles. The second-order valence-electron chi connectivity index (χ2n) is 4.10. The number of phenols is 1. The molecule has 88 valence electrons. The number of aromatic hydroxyl groups is 1. The maximum absolute atomic E-state index is 9.80. The van der Waals surface area contributed by atoms with E-state index in [-0.39, 0.29) is 11.8 Å². The molecule has 1 saturated heterocycles. The van der Waals surface area contributed by atoms with Crippen LogP contribution in [0.2, 0.25) is 10.0 Å². The maximum atomic E-state index is 9.80. The molecule has 2 rings (SSSR count). The molecule has 0 amide bonds. The minimum Gasteiger partial charge on any atom is -0.508 e. The molecule has 3 nitrogen and oxygen atoms in total. The second kappa shape index (κ2) is 4.80. The molecular weight excluding hydrogens is 247 g/mol. The Balaban J connectivity index is 2.28. The monoisotopic (exact) mass is 260 g/mol. The molecule has 1 aromatic carbocycles. The van der Waals surface area contributed by atoms with Crippen molar-refractivity contribution in [2.45, 2.75) is 12.5 Å². The largest absolute Gasteiger partial charge is 0.508 e. The van der Waals surface area contributed by atoms with Gasteiger partial charge in [0.1, 0.15) is 5.75 Å². The van der Waals surface area contributed by atoms with Crippen LogP contribution < -0.4 is 11.1 Å². The lowest BCUT2D eigenvalue weighted by Crippen LogP contribution is -2.23. The summed E-state index contributed by atoms with van der Waals surface area (Å²) in [4.78, 5) is 0. The Morgan fingerprint density at radius 1 is 1.38 bits per heavy atom. The first-order valence-electron chi connectivity index (χ1n) is 5.24. The van der Waals surface area contributed by atoms with Crippen molar-refractivity contribution in [3.8, 4) is 5.75 Å². The fourth-order valence-corrected chi connectivity index (χ4v) is 2.39. The molecule has 1 fully saturated rings. The number of phenolic OH excluding ortho intramolecular Hbond substituents is 1. The van der Waals surface area contributed by atoms with Gasteiger partial charge in [-0.05, 0) is 31.5 Å². The zero-order valence-corrected chi connectivity index (χ0v) is 10.2. The average molecular weight is 261 g/mol. The third-order valence-corrected chi connectivity index (χ3v) is 3.76. The Hall–Kier alpha value is -0.480. The van der Waals surface area contributed by atoms with Gasteiger partial charge in [0.05, 0.1) is 10.0 Å². The summed E-state index contributed by atoms with van der Waals surface area (Å²) in [6.45, 7) is 1.85. The van der Waals surface area contributed by atoms with Gasteiger partial charge in [0.25, 0.3) is 0 Å². The van der Waals surface area contributed by atoms with Crippen LogP contribution in [0, 0.1) is 5.92 Å². The van der Waals surface area contributed by atoms with Gasteiger partial charge in [0.2, 0.25) is 0 Å². The van der Waals surface area contributed by atoms with E-state index in [1.54, 1.807) is 6.07 Å². The van der Waals surface area contributed by atoms with Crippen molar-refractivity contribution < 1.29 is 5.11 Å². The first-order chi connectivity index (χ1) is 7.59. The number of halogens is 2. The van der Waals surface area contributed by atoms with Crippen molar-refractivity contribution in [3.63, 3.8) is 0 Å². The highest BCUT2D eigenvalue weighted by Gasteiger charge is 2.25. The highest BCUT2D eigenvalue weighted by Crippen LogP contribution is 2.36. The van der Waals surface area contributed by atoms with Crippen LogP contribution in [-0.4, -0.2) is 18.2 Å². The van der Waals surface area contributed by atoms with Gasteiger partial charge in [-0.25, -0.2) is 0 Å². The fraction of sp³-hybridized carbons (Fsp3) is 0.455. The number of rotatable bonds is 2. The minimum absolute atomic E-state index is 0.119. The summed E-state index contributed by atoms with van der Waals surface area (Å²) in [5.74, 6) is 0.456. The standard InChI is InChI=1S/C11H14Cl2N2O/c12-8-3-7(10(16)4-9(8)13)11(14)6-1-2-15-5-6/h3-4,6,11,15-16H,1-2,5,14H2. The van der Waals surface area contributed by atoms with E-state index in [2.05, 4.69) is 5.32 Å². The van der Waals surface area contributed by atoms with Crippen LogP contribution in [0.5, 0.6) is 5.75 Å². The molecule has 0 bridgehead atoms. The van der Waals surface area contributed by atoms with Crippen LogP contribution in [-0.2, 0) is 0 Å². The maximum Gasteiger partial charge on any atom is 0.121 e. The highest BCUT2D eigenvalue weighted by molar-refractivity contribution is 6.42. The van der Waals surface area contributed by atoms with Crippen molar-refractivity contribution in [1.82, 2.24) is 5.32 Å². The summed E-state index contributed by atoms with van der Waals surface area (Å²) in [6.07, 6.45) is 1.01. The Labute approximate surface area is 105 Å². The van der Waals surface area contributed by atoms with Crippen LogP contribution in [0.4, 0.5) is 0 Å². The highest BCUT2D eigenvalue weighted by atomic mass is 35.5. The fourth-order valence-electron chi connectivity index (χ4n) is 2.06.